The molecule has 0 spiro atoms. The summed E-state index contributed by atoms with van der Waals surface area (Å²) in [4.78, 5) is 12.0. The fourth-order valence-electron chi connectivity index (χ4n) is 1.94. The first-order valence-electron chi connectivity index (χ1n) is 7.02. The number of aryl methyl sites for hydroxylation is 1. The predicted octanol–water partition coefficient (Wildman–Crippen LogP) is 0.348. The molecule has 7 nitrogen and oxygen atoms in total. The van der Waals surface area contributed by atoms with Gasteiger partial charge in [0.2, 0.25) is 15.9 Å². The first-order chi connectivity index (χ1) is 10.3. The number of benzene rings is 1. The van der Waals surface area contributed by atoms with Crippen LogP contribution in [0.25, 0.3) is 0 Å². The SMILES string of the molecule is COCC(N)C(=O)Nc1ccc(C)c(S(=O)(=O)NC2CC2)c1. The van der Waals surface area contributed by atoms with Crippen LogP contribution in [0.15, 0.2) is 23.1 Å². The van der Waals surface area contributed by atoms with Gasteiger partial charge in [-0.15, -0.1) is 0 Å². The van der Waals surface area contributed by atoms with Gasteiger partial charge in [-0.25, -0.2) is 13.1 Å². The third-order valence-electron chi connectivity index (χ3n) is 3.33. The minimum Gasteiger partial charge on any atom is -0.383 e. The molecule has 1 aromatic rings. The third-order valence-corrected chi connectivity index (χ3v) is 4.99. The minimum absolute atomic E-state index is 0.0257. The zero-order valence-electron chi connectivity index (χ0n) is 12.6. The second-order valence-corrected chi connectivity index (χ2v) is 7.11. The van der Waals surface area contributed by atoms with Crippen LogP contribution in [0.4, 0.5) is 5.69 Å². The highest BCUT2D eigenvalue weighted by atomic mass is 32.2. The number of methoxy groups -OCH3 is 1. The van der Waals surface area contributed by atoms with Gasteiger partial charge in [-0.05, 0) is 37.5 Å². The lowest BCUT2D eigenvalue weighted by Crippen LogP contribution is -2.39. The van der Waals surface area contributed by atoms with E-state index in [1.807, 2.05) is 0 Å². The summed E-state index contributed by atoms with van der Waals surface area (Å²) in [6.07, 6.45) is 1.72. The van der Waals surface area contributed by atoms with E-state index in [-0.39, 0.29) is 17.5 Å². The molecule has 1 aromatic carbocycles. The lowest BCUT2D eigenvalue weighted by Gasteiger charge is -2.14. The van der Waals surface area contributed by atoms with E-state index in [0.29, 0.717) is 11.3 Å². The quantitative estimate of drug-likeness (QED) is 0.669. The van der Waals surface area contributed by atoms with Crippen LogP contribution in [0.3, 0.4) is 0 Å². The van der Waals surface area contributed by atoms with Gasteiger partial charge in [-0.1, -0.05) is 6.07 Å². The van der Waals surface area contributed by atoms with Crippen LogP contribution in [0.2, 0.25) is 0 Å². The van der Waals surface area contributed by atoms with Gasteiger partial charge in [0.1, 0.15) is 6.04 Å². The molecule has 0 bridgehead atoms. The topological polar surface area (TPSA) is 111 Å². The van der Waals surface area contributed by atoms with Crippen LogP contribution in [-0.4, -0.2) is 40.1 Å². The van der Waals surface area contributed by atoms with Crippen molar-refractivity contribution in [3.05, 3.63) is 23.8 Å². The van der Waals surface area contributed by atoms with E-state index in [2.05, 4.69) is 10.0 Å². The lowest BCUT2D eigenvalue weighted by atomic mass is 10.2. The molecule has 0 saturated heterocycles. The average Bonchev–Trinajstić information content (AvgIpc) is 3.24. The highest BCUT2D eigenvalue weighted by molar-refractivity contribution is 7.89. The van der Waals surface area contributed by atoms with Crippen molar-refractivity contribution >= 4 is 21.6 Å². The minimum atomic E-state index is -3.57. The van der Waals surface area contributed by atoms with E-state index in [1.165, 1.54) is 13.2 Å². The summed E-state index contributed by atoms with van der Waals surface area (Å²) in [5.41, 5.74) is 6.64. The number of rotatable bonds is 7. The number of ether oxygens (including phenoxy) is 1. The Labute approximate surface area is 130 Å². The van der Waals surface area contributed by atoms with E-state index < -0.39 is 22.0 Å². The van der Waals surface area contributed by atoms with Crippen LogP contribution >= 0.6 is 0 Å². The molecule has 8 heteroatoms. The maximum absolute atomic E-state index is 12.3. The smallest absolute Gasteiger partial charge is 0.243 e. The molecule has 0 aliphatic heterocycles. The fraction of sp³-hybridized carbons (Fsp3) is 0.500. The van der Waals surface area contributed by atoms with Crippen LogP contribution in [0.5, 0.6) is 0 Å². The molecule has 1 aliphatic carbocycles. The van der Waals surface area contributed by atoms with Gasteiger partial charge in [-0.3, -0.25) is 4.79 Å². The summed E-state index contributed by atoms with van der Waals surface area (Å²) < 4.78 is 32.1. The van der Waals surface area contributed by atoms with Gasteiger partial charge in [-0.2, -0.15) is 0 Å². The molecule has 1 atom stereocenters. The highest BCUT2D eigenvalue weighted by Crippen LogP contribution is 2.25. The summed E-state index contributed by atoms with van der Waals surface area (Å²) in [6, 6.07) is 3.95. The maximum Gasteiger partial charge on any atom is 0.243 e. The van der Waals surface area contributed by atoms with Gasteiger partial charge in [0.05, 0.1) is 11.5 Å². The first-order valence-corrected chi connectivity index (χ1v) is 8.50. The molecule has 22 heavy (non-hydrogen) atoms. The van der Waals surface area contributed by atoms with Gasteiger partial charge < -0.3 is 15.8 Å². The summed E-state index contributed by atoms with van der Waals surface area (Å²) in [5, 5.41) is 2.60. The van der Waals surface area contributed by atoms with Gasteiger partial charge in [0.15, 0.2) is 0 Å². The van der Waals surface area contributed by atoms with E-state index in [4.69, 9.17) is 10.5 Å². The van der Waals surface area contributed by atoms with Crippen LogP contribution < -0.4 is 15.8 Å². The molecular weight excluding hydrogens is 306 g/mol. The molecule has 122 valence electrons. The molecule has 2 rings (SSSR count). The number of carbonyl (C=O) groups is 1. The molecule has 4 N–H and O–H groups in total. The molecule has 1 fully saturated rings. The van der Waals surface area contributed by atoms with E-state index >= 15 is 0 Å². The number of hydrogen-bond acceptors (Lipinski definition) is 5. The van der Waals surface area contributed by atoms with Crippen molar-refractivity contribution in [2.45, 2.75) is 36.7 Å². The second kappa shape index (κ2) is 6.74. The van der Waals surface area contributed by atoms with E-state index in [1.54, 1.807) is 19.1 Å². The molecule has 1 saturated carbocycles. The summed E-state index contributed by atoms with van der Waals surface area (Å²) in [5.74, 6) is -0.427. The maximum atomic E-state index is 12.3. The Morgan fingerprint density at radius 1 is 1.45 bits per heavy atom. The molecule has 0 heterocycles. The predicted molar refractivity (Wildman–Crippen MR) is 83.0 cm³/mol. The Balaban J connectivity index is 2.17. The first kappa shape index (κ1) is 16.9. The van der Waals surface area contributed by atoms with Gasteiger partial charge in [0, 0.05) is 18.8 Å². The van der Waals surface area contributed by atoms with Crippen LogP contribution in [0, 0.1) is 6.92 Å². The molecule has 1 unspecified atom stereocenters. The lowest BCUT2D eigenvalue weighted by molar-refractivity contribution is -0.118. The highest BCUT2D eigenvalue weighted by Gasteiger charge is 2.29. The zero-order valence-corrected chi connectivity index (χ0v) is 13.4. The normalized spacial score (nSPS) is 16.3. The van der Waals surface area contributed by atoms with Crippen molar-refractivity contribution in [3.8, 4) is 0 Å². The van der Waals surface area contributed by atoms with E-state index in [0.717, 1.165) is 12.8 Å². The number of nitrogens with two attached hydrogens (primary N) is 1. The van der Waals surface area contributed by atoms with Gasteiger partial charge in [0.25, 0.3) is 0 Å². The summed E-state index contributed by atoms with van der Waals surface area (Å²) in [7, 11) is -2.12. The van der Waals surface area contributed by atoms with Crippen molar-refractivity contribution in [1.29, 1.82) is 0 Å². The monoisotopic (exact) mass is 327 g/mol. The second-order valence-electron chi connectivity index (χ2n) is 5.43. The number of amides is 1. The van der Waals surface area contributed by atoms with Gasteiger partial charge >= 0.3 is 0 Å². The van der Waals surface area contributed by atoms with Crippen LogP contribution in [0.1, 0.15) is 18.4 Å². The Kier molecular flexibility index (Phi) is 5.17. The zero-order chi connectivity index (χ0) is 16.3. The van der Waals surface area contributed by atoms with Crippen molar-refractivity contribution in [2.75, 3.05) is 19.0 Å². The van der Waals surface area contributed by atoms with Crippen molar-refractivity contribution in [1.82, 2.24) is 4.72 Å². The number of carbonyl (C=O) groups excluding carboxylic acids is 1. The number of hydrogen-bond donors (Lipinski definition) is 3. The number of nitrogens with one attached hydrogen (secondary N) is 2. The average molecular weight is 327 g/mol. The fourth-order valence-corrected chi connectivity index (χ4v) is 3.52. The number of anilines is 1. The summed E-state index contributed by atoms with van der Waals surface area (Å²) in [6.45, 7) is 1.80. The third kappa shape index (κ3) is 4.26. The standard InChI is InChI=1S/C14H21N3O4S/c1-9-3-4-11(16-14(18)12(15)8-21-2)7-13(9)22(19,20)17-10-5-6-10/h3-4,7,10,12,17H,5-6,8,15H2,1-2H3,(H,16,18). The molecule has 0 radical (unpaired) electrons. The summed E-state index contributed by atoms with van der Waals surface area (Å²) >= 11 is 0. The van der Waals surface area contributed by atoms with Crippen molar-refractivity contribution in [2.24, 2.45) is 5.73 Å². The molecule has 1 aliphatic rings. The molecule has 1 amide bonds. The Hall–Kier alpha value is -1.48. The largest absolute Gasteiger partial charge is 0.383 e. The Bertz CT molecular complexity index is 656. The van der Waals surface area contributed by atoms with Crippen LogP contribution in [-0.2, 0) is 19.6 Å². The molecular formula is C14H21N3O4S. The number of sulfonamides is 1. The Morgan fingerprint density at radius 2 is 2.14 bits per heavy atom. The van der Waals surface area contributed by atoms with E-state index in [9.17, 15) is 13.2 Å². The molecule has 0 aromatic heterocycles. The van der Waals surface area contributed by atoms with Crippen molar-refractivity contribution in [3.63, 3.8) is 0 Å². The Morgan fingerprint density at radius 3 is 2.73 bits per heavy atom. The van der Waals surface area contributed by atoms with Crippen molar-refractivity contribution < 1.29 is 17.9 Å².